The Kier molecular flexibility index (Phi) is 5.41. The van der Waals surface area contributed by atoms with E-state index in [1.165, 1.54) is 12.5 Å². The Morgan fingerprint density at radius 3 is 2.95 bits per heavy atom. The summed E-state index contributed by atoms with van der Waals surface area (Å²) in [4.78, 5) is 0. The Balaban J connectivity index is 1.78. The SMILES string of the molecule is CCCNC(C)CC(C)CC1Cc2cc(F)ccc2O1. The second kappa shape index (κ2) is 7.07. The highest BCUT2D eigenvalue weighted by Gasteiger charge is 2.25. The topological polar surface area (TPSA) is 21.3 Å². The van der Waals surface area contributed by atoms with E-state index in [1.807, 2.05) is 0 Å². The first-order valence-electron chi connectivity index (χ1n) is 7.77. The molecule has 1 aromatic carbocycles. The van der Waals surface area contributed by atoms with Crippen molar-refractivity contribution >= 4 is 0 Å². The van der Waals surface area contributed by atoms with Gasteiger partial charge in [-0.2, -0.15) is 0 Å². The number of benzene rings is 1. The molecule has 1 aromatic rings. The van der Waals surface area contributed by atoms with Crippen LogP contribution in [0.5, 0.6) is 5.75 Å². The highest BCUT2D eigenvalue weighted by Crippen LogP contribution is 2.32. The minimum atomic E-state index is -0.168. The molecule has 3 heteroatoms. The molecule has 1 heterocycles. The number of hydrogen-bond donors (Lipinski definition) is 1. The van der Waals surface area contributed by atoms with Gasteiger partial charge in [-0.05, 0) is 56.8 Å². The van der Waals surface area contributed by atoms with Crippen LogP contribution in [0, 0.1) is 11.7 Å². The van der Waals surface area contributed by atoms with Crippen molar-refractivity contribution in [3.8, 4) is 5.75 Å². The van der Waals surface area contributed by atoms with Crippen molar-refractivity contribution in [3.63, 3.8) is 0 Å². The van der Waals surface area contributed by atoms with Crippen LogP contribution in [0.4, 0.5) is 4.39 Å². The van der Waals surface area contributed by atoms with E-state index >= 15 is 0 Å². The smallest absolute Gasteiger partial charge is 0.123 e. The van der Waals surface area contributed by atoms with Gasteiger partial charge in [-0.1, -0.05) is 13.8 Å². The van der Waals surface area contributed by atoms with Crippen LogP contribution in [0.3, 0.4) is 0 Å². The maximum Gasteiger partial charge on any atom is 0.123 e. The van der Waals surface area contributed by atoms with Gasteiger partial charge in [-0.15, -0.1) is 0 Å². The van der Waals surface area contributed by atoms with Gasteiger partial charge >= 0.3 is 0 Å². The number of ether oxygens (including phenoxy) is 1. The molecule has 0 fully saturated rings. The summed E-state index contributed by atoms with van der Waals surface area (Å²) in [6, 6.07) is 5.37. The van der Waals surface area contributed by atoms with E-state index in [9.17, 15) is 4.39 Å². The van der Waals surface area contributed by atoms with E-state index in [0.717, 1.165) is 37.1 Å². The molecule has 0 bridgehead atoms. The Morgan fingerprint density at radius 1 is 1.40 bits per heavy atom. The van der Waals surface area contributed by atoms with Gasteiger partial charge in [0.2, 0.25) is 0 Å². The summed E-state index contributed by atoms with van der Waals surface area (Å²) in [5, 5.41) is 3.52. The molecule has 0 spiro atoms. The van der Waals surface area contributed by atoms with E-state index in [4.69, 9.17) is 4.74 Å². The van der Waals surface area contributed by atoms with Crippen molar-refractivity contribution in [3.05, 3.63) is 29.6 Å². The Hall–Kier alpha value is -1.09. The average molecular weight is 279 g/mol. The Morgan fingerprint density at radius 2 is 2.20 bits per heavy atom. The minimum absolute atomic E-state index is 0.168. The lowest BCUT2D eigenvalue weighted by atomic mass is 9.94. The quantitative estimate of drug-likeness (QED) is 0.816. The highest BCUT2D eigenvalue weighted by atomic mass is 19.1. The lowest BCUT2D eigenvalue weighted by Gasteiger charge is -2.21. The number of nitrogens with one attached hydrogen (secondary N) is 1. The van der Waals surface area contributed by atoms with Crippen molar-refractivity contribution in [2.75, 3.05) is 6.54 Å². The summed E-state index contributed by atoms with van der Waals surface area (Å²) < 4.78 is 19.1. The zero-order valence-corrected chi connectivity index (χ0v) is 12.8. The largest absolute Gasteiger partial charge is 0.490 e. The highest BCUT2D eigenvalue weighted by molar-refractivity contribution is 5.37. The number of rotatable bonds is 7. The molecule has 0 saturated carbocycles. The molecule has 1 N–H and O–H groups in total. The van der Waals surface area contributed by atoms with Crippen LogP contribution in [-0.2, 0) is 6.42 Å². The fraction of sp³-hybridized carbons (Fsp3) is 0.647. The first kappa shape index (κ1) is 15.3. The van der Waals surface area contributed by atoms with E-state index in [2.05, 4.69) is 26.1 Å². The van der Waals surface area contributed by atoms with Gasteiger partial charge in [0.1, 0.15) is 17.7 Å². The normalized spacial score (nSPS) is 20.3. The third-order valence-electron chi connectivity index (χ3n) is 3.93. The molecule has 1 aliphatic rings. The summed E-state index contributed by atoms with van der Waals surface area (Å²) in [5.41, 5.74) is 1.01. The second-order valence-electron chi connectivity index (χ2n) is 6.13. The molecule has 3 atom stereocenters. The molecule has 3 unspecified atom stereocenters. The molecule has 112 valence electrons. The van der Waals surface area contributed by atoms with Gasteiger partial charge in [0.15, 0.2) is 0 Å². The first-order valence-corrected chi connectivity index (χ1v) is 7.77. The second-order valence-corrected chi connectivity index (χ2v) is 6.13. The average Bonchev–Trinajstić information content (AvgIpc) is 2.77. The van der Waals surface area contributed by atoms with Gasteiger partial charge in [0.25, 0.3) is 0 Å². The zero-order chi connectivity index (χ0) is 14.5. The van der Waals surface area contributed by atoms with Crippen LogP contribution < -0.4 is 10.1 Å². The molecule has 0 radical (unpaired) electrons. The van der Waals surface area contributed by atoms with Crippen molar-refractivity contribution in [1.82, 2.24) is 5.32 Å². The van der Waals surface area contributed by atoms with Crippen LogP contribution in [0.1, 0.15) is 45.6 Å². The molecule has 0 saturated heterocycles. The van der Waals surface area contributed by atoms with Crippen LogP contribution >= 0.6 is 0 Å². The van der Waals surface area contributed by atoms with Crippen molar-refractivity contribution in [2.24, 2.45) is 5.92 Å². The van der Waals surface area contributed by atoms with E-state index in [1.54, 1.807) is 12.1 Å². The van der Waals surface area contributed by atoms with Gasteiger partial charge in [-0.25, -0.2) is 4.39 Å². The van der Waals surface area contributed by atoms with Crippen molar-refractivity contribution < 1.29 is 9.13 Å². The van der Waals surface area contributed by atoms with Gasteiger partial charge in [-0.3, -0.25) is 0 Å². The molecule has 20 heavy (non-hydrogen) atoms. The molecule has 2 rings (SSSR count). The Labute approximate surface area is 121 Å². The molecule has 0 aromatic heterocycles. The zero-order valence-electron chi connectivity index (χ0n) is 12.8. The lowest BCUT2D eigenvalue weighted by Crippen LogP contribution is -2.29. The first-order chi connectivity index (χ1) is 9.58. The van der Waals surface area contributed by atoms with Crippen molar-refractivity contribution in [2.45, 2.75) is 58.6 Å². The summed E-state index contributed by atoms with van der Waals surface area (Å²) >= 11 is 0. The van der Waals surface area contributed by atoms with Crippen LogP contribution in [0.25, 0.3) is 0 Å². The van der Waals surface area contributed by atoms with E-state index in [-0.39, 0.29) is 11.9 Å². The van der Waals surface area contributed by atoms with Crippen LogP contribution in [0.15, 0.2) is 18.2 Å². The predicted molar refractivity (Wildman–Crippen MR) is 80.7 cm³/mol. The van der Waals surface area contributed by atoms with Gasteiger partial charge in [0.05, 0.1) is 0 Å². The fourth-order valence-corrected chi connectivity index (χ4v) is 3.04. The standard InChI is InChI=1S/C17H26FNO/c1-4-7-19-13(3)8-12(2)9-16-11-14-10-15(18)5-6-17(14)20-16/h5-6,10,12-13,16,19H,4,7-9,11H2,1-3H3. The van der Waals surface area contributed by atoms with Crippen LogP contribution in [-0.4, -0.2) is 18.7 Å². The maximum absolute atomic E-state index is 13.2. The molecule has 1 aliphatic heterocycles. The molecule has 2 nitrogen and oxygen atoms in total. The number of halogens is 1. The fourth-order valence-electron chi connectivity index (χ4n) is 3.04. The van der Waals surface area contributed by atoms with Crippen LogP contribution in [0.2, 0.25) is 0 Å². The maximum atomic E-state index is 13.2. The summed E-state index contributed by atoms with van der Waals surface area (Å²) in [6.45, 7) is 7.78. The number of hydrogen-bond acceptors (Lipinski definition) is 2. The predicted octanol–water partition coefficient (Wildman–Crippen LogP) is 3.93. The van der Waals surface area contributed by atoms with Gasteiger partial charge in [0, 0.05) is 18.0 Å². The molecular formula is C17H26FNO. The minimum Gasteiger partial charge on any atom is -0.490 e. The summed E-state index contributed by atoms with van der Waals surface area (Å²) in [5.74, 6) is 1.30. The number of fused-ring (bicyclic) bond motifs is 1. The third kappa shape index (κ3) is 4.20. The summed E-state index contributed by atoms with van der Waals surface area (Å²) in [7, 11) is 0. The van der Waals surface area contributed by atoms with E-state index < -0.39 is 0 Å². The molecule has 0 aliphatic carbocycles. The molecular weight excluding hydrogens is 253 g/mol. The molecule has 0 amide bonds. The monoisotopic (exact) mass is 279 g/mol. The summed E-state index contributed by atoms with van der Waals surface area (Å²) in [6.07, 6.45) is 4.42. The Bertz CT molecular complexity index is 435. The van der Waals surface area contributed by atoms with Gasteiger partial charge < -0.3 is 10.1 Å². The third-order valence-corrected chi connectivity index (χ3v) is 3.93. The van der Waals surface area contributed by atoms with E-state index in [0.29, 0.717) is 12.0 Å². The van der Waals surface area contributed by atoms with Crippen molar-refractivity contribution in [1.29, 1.82) is 0 Å². The lowest BCUT2D eigenvalue weighted by molar-refractivity contribution is 0.190.